The Bertz CT molecular complexity index is 567. The highest BCUT2D eigenvalue weighted by molar-refractivity contribution is 5.45. The molecular weight excluding hydrogens is 248 g/mol. The molecule has 0 bridgehead atoms. The van der Waals surface area contributed by atoms with Crippen LogP contribution < -0.4 is 10.1 Å². The van der Waals surface area contributed by atoms with E-state index >= 15 is 0 Å². The van der Waals surface area contributed by atoms with Crippen molar-refractivity contribution in [3.63, 3.8) is 0 Å². The number of rotatable bonds is 6. The Labute approximate surface area is 119 Å². The molecule has 0 aliphatic heterocycles. The Balaban J connectivity index is 1.88. The van der Waals surface area contributed by atoms with Gasteiger partial charge in [-0.3, -0.25) is 0 Å². The Morgan fingerprint density at radius 2 is 1.65 bits per heavy atom. The highest BCUT2D eigenvalue weighted by atomic mass is 16.5. The van der Waals surface area contributed by atoms with Crippen LogP contribution in [0.1, 0.15) is 18.1 Å². The van der Waals surface area contributed by atoms with E-state index in [0.29, 0.717) is 0 Å². The van der Waals surface area contributed by atoms with E-state index in [1.807, 2.05) is 30.3 Å². The molecule has 1 N–H and O–H groups in total. The molecule has 3 nitrogen and oxygen atoms in total. The standard InChI is InChI=1S/C17H18N2O/c1-2-14-3-7-16(8-4-14)19-13-15-5-9-17(10-6-15)20-12-11-18/h3-10,19H,2,12-13H2,1H3. The lowest BCUT2D eigenvalue weighted by Gasteiger charge is -2.08. The number of anilines is 1. The van der Waals surface area contributed by atoms with Gasteiger partial charge in [-0.1, -0.05) is 31.2 Å². The molecule has 2 aromatic rings. The number of hydrogen-bond donors (Lipinski definition) is 1. The molecular formula is C17H18N2O. The van der Waals surface area contributed by atoms with Crippen LogP contribution in [0.4, 0.5) is 5.69 Å². The maximum Gasteiger partial charge on any atom is 0.174 e. The van der Waals surface area contributed by atoms with E-state index in [-0.39, 0.29) is 6.61 Å². The molecule has 20 heavy (non-hydrogen) atoms. The number of nitrogens with zero attached hydrogens (tertiary/aromatic N) is 1. The van der Waals surface area contributed by atoms with Crippen LogP contribution in [0.15, 0.2) is 48.5 Å². The lowest BCUT2D eigenvalue weighted by Crippen LogP contribution is -2.00. The average molecular weight is 266 g/mol. The third-order valence-electron chi connectivity index (χ3n) is 3.09. The first-order chi connectivity index (χ1) is 9.81. The second kappa shape index (κ2) is 7.20. The molecule has 0 spiro atoms. The quantitative estimate of drug-likeness (QED) is 0.865. The van der Waals surface area contributed by atoms with Gasteiger partial charge in [-0.15, -0.1) is 0 Å². The SMILES string of the molecule is CCc1ccc(NCc2ccc(OCC#N)cc2)cc1. The van der Waals surface area contributed by atoms with Crippen LogP contribution in [-0.4, -0.2) is 6.61 Å². The number of ether oxygens (including phenoxy) is 1. The van der Waals surface area contributed by atoms with Gasteiger partial charge in [0.05, 0.1) is 0 Å². The summed E-state index contributed by atoms with van der Waals surface area (Å²) in [6.07, 6.45) is 1.06. The van der Waals surface area contributed by atoms with E-state index in [1.165, 1.54) is 11.1 Å². The van der Waals surface area contributed by atoms with Crippen molar-refractivity contribution >= 4 is 5.69 Å². The molecule has 0 atom stereocenters. The predicted octanol–water partition coefficient (Wildman–Crippen LogP) is 3.76. The molecule has 0 saturated heterocycles. The summed E-state index contributed by atoms with van der Waals surface area (Å²) < 4.78 is 5.22. The molecule has 0 aliphatic carbocycles. The van der Waals surface area contributed by atoms with Gasteiger partial charge in [-0.2, -0.15) is 5.26 Å². The summed E-state index contributed by atoms with van der Waals surface area (Å²) in [7, 11) is 0. The monoisotopic (exact) mass is 266 g/mol. The zero-order valence-electron chi connectivity index (χ0n) is 11.6. The van der Waals surface area contributed by atoms with Crippen molar-refractivity contribution in [3.8, 4) is 11.8 Å². The van der Waals surface area contributed by atoms with Crippen molar-refractivity contribution in [3.05, 3.63) is 59.7 Å². The van der Waals surface area contributed by atoms with E-state index in [4.69, 9.17) is 10.00 Å². The average Bonchev–Trinajstić information content (AvgIpc) is 2.52. The van der Waals surface area contributed by atoms with Gasteiger partial charge in [-0.05, 0) is 41.8 Å². The Morgan fingerprint density at radius 3 is 2.25 bits per heavy atom. The van der Waals surface area contributed by atoms with Crippen molar-refractivity contribution in [2.75, 3.05) is 11.9 Å². The predicted molar refractivity (Wildman–Crippen MR) is 80.7 cm³/mol. The molecule has 0 saturated carbocycles. The summed E-state index contributed by atoms with van der Waals surface area (Å²) in [5.74, 6) is 0.725. The largest absolute Gasteiger partial charge is 0.479 e. The van der Waals surface area contributed by atoms with Gasteiger partial charge in [0, 0.05) is 12.2 Å². The van der Waals surface area contributed by atoms with E-state index in [0.717, 1.165) is 24.4 Å². The fourth-order valence-electron chi connectivity index (χ4n) is 1.88. The summed E-state index contributed by atoms with van der Waals surface area (Å²) in [5, 5.41) is 11.8. The van der Waals surface area contributed by atoms with E-state index < -0.39 is 0 Å². The Morgan fingerprint density at radius 1 is 1.00 bits per heavy atom. The summed E-state index contributed by atoms with van der Waals surface area (Å²) in [4.78, 5) is 0. The van der Waals surface area contributed by atoms with Crippen LogP contribution in [0.25, 0.3) is 0 Å². The van der Waals surface area contributed by atoms with Crippen LogP contribution in [0.3, 0.4) is 0 Å². The molecule has 0 fully saturated rings. The molecule has 0 amide bonds. The minimum Gasteiger partial charge on any atom is -0.479 e. The highest BCUT2D eigenvalue weighted by Gasteiger charge is 1.97. The fourth-order valence-corrected chi connectivity index (χ4v) is 1.88. The van der Waals surface area contributed by atoms with Gasteiger partial charge in [0.25, 0.3) is 0 Å². The van der Waals surface area contributed by atoms with Crippen LogP contribution in [-0.2, 0) is 13.0 Å². The zero-order valence-corrected chi connectivity index (χ0v) is 11.6. The molecule has 0 heterocycles. The van der Waals surface area contributed by atoms with Gasteiger partial charge < -0.3 is 10.1 Å². The number of aryl methyl sites for hydroxylation is 1. The molecule has 0 unspecified atom stereocenters. The van der Waals surface area contributed by atoms with E-state index in [9.17, 15) is 0 Å². The van der Waals surface area contributed by atoms with Crippen molar-refractivity contribution in [1.29, 1.82) is 5.26 Å². The number of nitriles is 1. The molecule has 0 aliphatic rings. The Kier molecular flexibility index (Phi) is 5.02. The topological polar surface area (TPSA) is 45.0 Å². The summed E-state index contributed by atoms with van der Waals surface area (Å²) in [6.45, 7) is 3.00. The maximum atomic E-state index is 8.44. The van der Waals surface area contributed by atoms with Crippen LogP contribution in [0, 0.1) is 11.3 Å². The maximum absolute atomic E-state index is 8.44. The first-order valence-electron chi connectivity index (χ1n) is 6.73. The molecule has 0 aromatic heterocycles. The molecule has 3 heteroatoms. The normalized spacial score (nSPS) is 9.80. The van der Waals surface area contributed by atoms with Crippen LogP contribution >= 0.6 is 0 Å². The van der Waals surface area contributed by atoms with Gasteiger partial charge in [-0.25, -0.2) is 0 Å². The van der Waals surface area contributed by atoms with Crippen molar-refractivity contribution in [2.45, 2.75) is 19.9 Å². The minimum atomic E-state index is 0.0847. The first kappa shape index (κ1) is 14.0. The lowest BCUT2D eigenvalue weighted by atomic mass is 10.1. The number of hydrogen-bond acceptors (Lipinski definition) is 3. The van der Waals surface area contributed by atoms with E-state index in [2.05, 4.69) is 36.5 Å². The van der Waals surface area contributed by atoms with Gasteiger partial charge in [0.2, 0.25) is 0 Å². The third kappa shape index (κ3) is 4.03. The summed E-state index contributed by atoms with van der Waals surface area (Å²) in [5.41, 5.74) is 3.63. The summed E-state index contributed by atoms with van der Waals surface area (Å²) >= 11 is 0. The molecule has 0 radical (unpaired) electrons. The highest BCUT2D eigenvalue weighted by Crippen LogP contribution is 2.15. The zero-order chi connectivity index (χ0) is 14.2. The van der Waals surface area contributed by atoms with Gasteiger partial charge >= 0.3 is 0 Å². The van der Waals surface area contributed by atoms with E-state index in [1.54, 1.807) is 0 Å². The molecule has 2 rings (SSSR count). The third-order valence-corrected chi connectivity index (χ3v) is 3.09. The molecule has 102 valence electrons. The smallest absolute Gasteiger partial charge is 0.174 e. The van der Waals surface area contributed by atoms with Crippen LogP contribution in [0.5, 0.6) is 5.75 Å². The number of benzene rings is 2. The second-order valence-electron chi connectivity index (χ2n) is 4.49. The number of nitrogens with one attached hydrogen (secondary N) is 1. The minimum absolute atomic E-state index is 0.0847. The lowest BCUT2D eigenvalue weighted by molar-refractivity contribution is 0.368. The second-order valence-corrected chi connectivity index (χ2v) is 4.49. The van der Waals surface area contributed by atoms with Crippen molar-refractivity contribution in [1.82, 2.24) is 0 Å². The fraction of sp³-hybridized carbons (Fsp3) is 0.235. The van der Waals surface area contributed by atoms with Gasteiger partial charge in [0.1, 0.15) is 11.8 Å². The first-order valence-corrected chi connectivity index (χ1v) is 6.73. The summed E-state index contributed by atoms with van der Waals surface area (Å²) in [6, 6.07) is 18.2. The Hall–Kier alpha value is -2.47. The van der Waals surface area contributed by atoms with Crippen molar-refractivity contribution in [2.24, 2.45) is 0 Å². The van der Waals surface area contributed by atoms with Gasteiger partial charge in [0.15, 0.2) is 6.61 Å². The molecule has 2 aromatic carbocycles. The van der Waals surface area contributed by atoms with Crippen molar-refractivity contribution < 1.29 is 4.74 Å². The van der Waals surface area contributed by atoms with Crippen LogP contribution in [0.2, 0.25) is 0 Å².